The van der Waals surface area contributed by atoms with Crippen molar-refractivity contribution in [1.29, 1.82) is 0 Å². The number of aromatic nitrogens is 1. The minimum absolute atomic E-state index is 0.0848. The Hall–Kier alpha value is -3.92. The second-order valence-corrected chi connectivity index (χ2v) is 8.37. The van der Waals surface area contributed by atoms with Gasteiger partial charge in [-0.3, -0.25) is 29.4 Å². The molecule has 0 saturated carbocycles. The predicted octanol–water partition coefficient (Wildman–Crippen LogP) is 4.08. The number of rotatable bonds is 6. The van der Waals surface area contributed by atoms with Gasteiger partial charge in [-0.1, -0.05) is 44.2 Å². The number of anilines is 1. The van der Waals surface area contributed by atoms with E-state index >= 15 is 0 Å². The van der Waals surface area contributed by atoms with Gasteiger partial charge in [0.15, 0.2) is 5.13 Å². The zero-order valence-electron chi connectivity index (χ0n) is 17.2. The van der Waals surface area contributed by atoms with E-state index in [0.717, 1.165) is 11.6 Å². The van der Waals surface area contributed by atoms with Crippen molar-refractivity contribution in [3.05, 3.63) is 74.6 Å². The Labute approximate surface area is 186 Å². The van der Waals surface area contributed by atoms with Gasteiger partial charge in [0.05, 0.1) is 16.2 Å². The summed E-state index contributed by atoms with van der Waals surface area (Å²) < 4.78 is 0. The summed E-state index contributed by atoms with van der Waals surface area (Å²) in [4.78, 5) is 53.1. The lowest BCUT2D eigenvalue weighted by Gasteiger charge is -2.12. The molecule has 32 heavy (non-hydrogen) atoms. The molecule has 9 nitrogen and oxygen atoms in total. The van der Waals surface area contributed by atoms with Crippen molar-refractivity contribution >= 4 is 39.9 Å². The number of hydrogen-bond donors (Lipinski definition) is 1. The summed E-state index contributed by atoms with van der Waals surface area (Å²) in [5.41, 5.74) is 1.96. The maximum Gasteiger partial charge on any atom is 0.282 e. The zero-order chi connectivity index (χ0) is 23.0. The van der Waals surface area contributed by atoms with E-state index in [9.17, 15) is 24.5 Å². The molecule has 0 spiro atoms. The van der Waals surface area contributed by atoms with E-state index < -0.39 is 34.9 Å². The molecule has 0 saturated heterocycles. The molecule has 2 heterocycles. The van der Waals surface area contributed by atoms with E-state index in [1.807, 2.05) is 24.3 Å². The highest BCUT2D eigenvalue weighted by Crippen LogP contribution is 2.31. The van der Waals surface area contributed by atoms with Crippen LogP contribution in [0.15, 0.2) is 47.8 Å². The number of nitro benzene ring substituents is 1. The minimum atomic E-state index is -0.863. The van der Waals surface area contributed by atoms with Gasteiger partial charge in [-0.2, -0.15) is 0 Å². The molecule has 0 radical (unpaired) electrons. The monoisotopic (exact) mass is 450 g/mol. The molecular formula is C22H18N4O5S. The van der Waals surface area contributed by atoms with E-state index in [-0.39, 0.29) is 11.1 Å². The van der Waals surface area contributed by atoms with Crippen LogP contribution in [-0.4, -0.2) is 39.1 Å². The number of nitro groups is 1. The number of nitrogens with one attached hydrogen (secondary N) is 1. The molecule has 1 N–H and O–H groups in total. The first-order valence-corrected chi connectivity index (χ1v) is 10.6. The number of hydrogen-bond acceptors (Lipinski definition) is 7. The molecule has 0 fully saturated rings. The third-order valence-electron chi connectivity index (χ3n) is 5.10. The number of amides is 3. The van der Waals surface area contributed by atoms with Gasteiger partial charge < -0.3 is 5.32 Å². The van der Waals surface area contributed by atoms with Gasteiger partial charge in [-0.05, 0) is 17.5 Å². The number of fused-ring (bicyclic) bond motifs is 1. The van der Waals surface area contributed by atoms with Crippen LogP contribution < -0.4 is 5.32 Å². The van der Waals surface area contributed by atoms with Gasteiger partial charge in [0.25, 0.3) is 17.5 Å². The Bertz CT molecular complexity index is 1250. The highest BCUT2D eigenvalue weighted by molar-refractivity contribution is 7.14. The van der Waals surface area contributed by atoms with Crippen molar-refractivity contribution in [1.82, 2.24) is 9.88 Å². The molecule has 162 valence electrons. The Morgan fingerprint density at radius 3 is 2.53 bits per heavy atom. The van der Waals surface area contributed by atoms with Gasteiger partial charge in [0.2, 0.25) is 5.91 Å². The summed E-state index contributed by atoms with van der Waals surface area (Å²) in [5.74, 6) is -1.82. The lowest BCUT2D eigenvalue weighted by atomic mass is 10.0. The quantitative estimate of drug-likeness (QED) is 0.343. The number of carbonyl (C=O) groups excluding carboxylic acids is 3. The van der Waals surface area contributed by atoms with Crippen LogP contribution in [0.3, 0.4) is 0 Å². The van der Waals surface area contributed by atoms with Crippen LogP contribution in [0.5, 0.6) is 0 Å². The first-order valence-electron chi connectivity index (χ1n) is 9.75. The Morgan fingerprint density at radius 1 is 1.16 bits per heavy atom. The van der Waals surface area contributed by atoms with Crippen molar-refractivity contribution in [2.45, 2.75) is 19.8 Å². The molecule has 1 aliphatic rings. The van der Waals surface area contributed by atoms with Crippen LogP contribution in [0.2, 0.25) is 0 Å². The van der Waals surface area contributed by atoms with Crippen molar-refractivity contribution in [2.24, 2.45) is 0 Å². The molecule has 1 aliphatic heterocycles. The third kappa shape index (κ3) is 3.87. The minimum Gasteiger partial charge on any atom is -0.300 e. The predicted molar refractivity (Wildman–Crippen MR) is 119 cm³/mol. The normalized spacial score (nSPS) is 12.9. The summed E-state index contributed by atoms with van der Waals surface area (Å²) in [5, 5.41) is 15.9. The van der Waals surface area contributed by atoms with Crippen LogP contribution >= 0.6 is 11.3 Å². The number of nitrogens with zero attached hydrogens (tertiary/aromatic N) is 3. The number of thiazole rings is 1. The molecule has 2 aromatic carbocycles. The fraction of sp³-hybridized carbons (Fsp3) is 0.182. The summed E-state index contributed by atoms with van der Waals surface area (Å²) in [6, 6.07) is 11.8. The maximum atomic E-state index is 12.6. The van der Waals surface area contributed by atoms with E-state index in [1.54, 1.807) is 5.38 Å². The highest BCUT2D eigenvalue weighted by atomic mass is 32.1. The van der Waals surface area contributed by atoms with Crippen molar-refractivity contribution in [2.75, 3.05) is 11.9 Å². The first kappa shape index (κ1) is 21.3. The Morgan fingerprint density at radius 2 is 1.88 bits per heavy atom. The van der Waals surface area contributed by atoms with Crippen LogP contribution in [0, 0.1) is 10.1 Å². The fourth-order valence-electron chi connectivity index (χ4n) is 3.42. The van der Waals surface area contributed by atoms with Gasteiger partial charge in [-0.25, -0.2) is 4.98 Å². The highest BCUT2D eigenvalue weighted by Gasteiger charge is 2.41. The van der Waals surface area contributed by atoms with Gasteiger partial charge in [0.1, 0.15) is 12.1 Å². The zero-order valence-corrected chi connectivity index (χ0v) is 18.0. The van der Waals surface area contributed by atoms with Crippen LogP contribution in [0.1, 0.15) is 46.0 Å². The molecule has 10 heteroatoms. The fourth-order valence-corrected chi connectivity index (χ4v) is 4.15. The maximum absolute atomic E-state index is 12.6. The van der Waals surface area contributed by atoms with Crippen LogP contribution in [0.25, 0.3) is 11.3 Å². The standard InChI is InChI=1S/C22H18N4O5S/c1-12(2)13-6-8-14(9-7-13)16-11-32-22(23-16)24-18(27)10-25-20(28)15-4-3-5-17(26(30)31)19(15)21(25)29/h3-9,11-12H,10H2,1-2H3,(H,23,24,27). The summed E-state index contributed by atoms with van der Waals surface area (Å²) >= 11 is 1.22. The molecular weight excluding hydrogens is 432 g/mol. The molecule has 1 aromatic heterocycles. The Kier molecular flexibility index (Phi) is 5.54. The van der Waals surface area contributed by atoms with Crippen molar-refractivity contribution in [3.8, 4) is 11.3 Å². The van der Waals surface area contributed by atoms with E-state index in [4.69, 9.17) is 0 Å². The lowest BCUT2D eigenvalue weighted by molar-refractivity contribution is -0.385. The molecule has 4 rings (SSSR count). The van der Waals surface area contributed by atoms with Crippen molar-refractivity contribution < 1.29 is 19.3 Å². The van der Waals surface area contributed by atoms with Gasteiger partial charge in [0, 0.05) is 17.0 Å². The largest absolute Gasteiger partial charge is 0.300 e. The first-order chi connectivity index (χ1) is 15.3. The number of benzene rings is 2. The lowest BCUT2D eigenvalue weighted by Crippen LogP contribution is -2.37. The smallest absolute Gasteiger partial charge is 0.282 e. The SMILES string of the molecule is CC(C)c1ccc(-c2csc(NC(=O)CN3C(=O)c4cccc([N+](=O)[O-])c4C3=O)n2)cc1. The third-order valence-corrected chi connectivity index (χ3v) is 5.86. The summed E-state index contributed by atoms with van der Waals surface area (Å²) in [6.45, 7) is 3.65. The molecule has 0 bridgehead atoms. The number of imide groups is 1. The summed E-state index contributed by atoms with van der Waals surface area (Å²) in [7, 11) is 0. The molecule has 0 aliphatic carbocycles. The molecule has 0 unspecified atom stereocenters. The Balaban J connectivity index is 1.46. The molecule has 0 atom stereocenters. The van der Waals surface area contributed by atoms with Crippen LogP contribution in [-0.2, 0) is 4.79 Å². The van der Waals surface area contributed by atoms with Gasteiger partial charge >= 0.3 is 0 Å². The van der Waals surface area contributed by atoms with Gasteiger partial charge in [-0.15, -0.1) is 11.3 Å². The number of carbonyl (C=O) groups is 3. The van der Waals surface area contributed by atoms with E-state index in [1.165, 1.54) is 29.0 Å². The van der Waals surface area contributed by atoms with E-state index in [0.29, 0.717) is 21.6 Å². The van der Waals surface area contributed by atoms with Crippen LogP contribution in [0.4, 0.5) is 10.8 Å². The molecule has 3 aromatic rings. The second kappa shape index (κ2) is 8.31. The average molecular weight is 450 g/mol. The second-order valence-electron chi connectivity index (χ2n) is 7.52. The summed E-state index contributed by atoms with van der Waals surface area (Å²) in [6.07, 6.45) is 0. The van der Waals surface area contributed by atoms with Crippen molar-refractivity contribution in [3.63, 3.8) is 0 Å². The topological polar surface area (TPSA) is 123 Å². The molecule has 3 amide bonds. The van der Waals surface area contributed by atoms with E-state index in [2.05, 4.69) is 24.1 Å². The average Bonchev–Trinajstić information content (AvgIpc) is 3.32.